The van der Waals surface area contributed by atoms with Crippen molar-refractivity contribution in [1.82, 2.24) is 19.4 Å². The molecule has 1 N–H and O–H groups in total. The zero-order chi connectivity index (χ0) is 16.3. The van der Waals surface area contributed by atoms with Crippen molar-refractivity contribution in [3.8, 4) is 0 Å². The lowest BCUT2D eigenvalue weighted by Gasteiger charge is -2.26. The average Bonchev–Trinajstić information content (AvgIpc) is 3.03. The third kappa shape index (κ3) is 3.91. The van der Waals surface area contributed by atoms with Crippen LogP contribution in [0.1, 0.15) is 12.1 Å². The Labute approximate surface area is 135 Å². The minimum absolute atomic E-state index is 0.0661. The van der Waals surface area contributed by atoms with E-state index in [1.807, 2.05) is 10.7 Å². The van der Waals surface area contributed by atoms with E-state index in [4.69, 9.17) is 4.74 Å². The highest BCUT2D eigenvalue weighted by molar-refractivity contribution is 7.89. The van der Waals surface area contributed by atoms with Gasteiger partial charge >= 0.3 is 0 Å². The van der Waals surface area contributed by atoms with Crippen molar-refractivity contribution < 1.29 is 17.9 Å². The summed E-state index contributed by atoms with van der Waals surface area (Å²) in [5, 5.41) is 6.95. The highest BCUT2D eigenvalue weighted by Gasteiger charge is 2.27. The van der Waals surface area contributed by atoms with Gasteiger partial charge in [0, 0.05) is 50.4 Å². The van der Waals surface area contributed by atoms with Crippen molar-refractivity contribution in [3.63, 3.8) is 0 Å². The maximum absolute atomic E-state index is 12.2. The van der Waals surface area contributed by atoms with Crippen molar-refractivity contribution in [2.45, 2.75) is 19.4 Å². The van der Waals surface area contributed by atoms with Crippen molar-refractivity contribution in [3.05, 3.63) is 18.0 Å². The van der Waals surface area contributed by atoms with Gasteiger partial charge in [-0.3, -0.25) is 9.48 Å². The number of hydrogen-bond acceptors (Lipinski definition) is 5. The minimum Gasteiger partial charge on any atom is -0.379 e. The Morgan fingerprint density at radius 3 is 2.91 bits per heavy atom. The molecule has 1 amide bonds. The first-order chi connectivity index (χ1) is 11.1. The predicted octanol–water partition coefficient (Wildman–Crippen LogP) is -0.776. The molecule has 1 aromatic rings. The topological polar surface area (TPSA) is 93.5 Å². The molecule has 2 aliphatic rings. The first-order valence-electron chi connectivity index (χ1n) is 7.90. The second-order valence-electron chi connectivity index (χ2n) is 5.85. The minimum atomic E-state index is -3.32. The van der Waals surface area contributed by atoms with E-state index in [0.29, 0.717) is 32.7 Å². The average molecular weight is 342 g/mol. The Morgan fingerprint density at radius 2 is 2.13 bits per heavy atom. The van der Waals surface area contributed by atoms with E-state index in [0.717, 1.165) is 18.7 Å². The fourth-order valence-electron chi connectivity index (χ4n) is 2.99. The fraction of sp³-hybridized carbons (Fsp3) is 0.714. The molecule has 9 heteroatoms. The van der Waals surface area contributed by atoms with E-state index in [2.05, 4.69) is 10.4 Å². The first-order valence-corrected chi connectivity index (χ1v) is 9.51. The number of carbonyl (C=O) groups excluding carboxylic acids is 1. The molecule has 1 saturated heterocycles. The molecule has 1 unspecified atom stereocenters. The van der Waals surface area contributed by atoms with Crippen LogP contribution in [0, 0.1) is 5.92 Å². The van der Waals surface area contributed by atoms with Crippen LogP contribution in [0.3, 0.4) is 0 Å². The molecule has 23 heavy (non-hydrogen) atoms. The molecular weight excluding hydrogens is 320 g/mol. The third-order valence-electron chi connectivity index (χ3n) is 4.34. The van der Waals surface area contributed by atoms with Crippen molar-refractivity contribution in [2.24, 2.45) is 5.92 Å². The summed E-state index contributed by atoms with van der Waals surface area (Å²) in [5.74, 6) is -0.247. The highest BCUT2D eigenvalue weighted by atomic mass is 32.2. The van der Waals surface area contributed by atoms with Gasteiger partial charge in [-0.15, -0.1) is 0 Å². The lowest BCUT2D eigenvalue weighted by Crippen LogP contribution is -2.44. The van der Waals surface area contributed by atoms with E-state index in [-0.39, 0.29) is 24.1 Å². The van der Waals surface area contributed by atoms with Gasteiger partial charge in [-0.1, -0.05) is 0 Å². The summed E-state index contributed by atoms with van der Waals surface area (Å²) < 4.78 is 32.9. The van der Waals surface area contributed by atoms with E-state index < -0.39 is 10.0 Å². The number of aryl methyl sites for hydroxylation is 1. The molecule has 0 aromatic carbocycles. The third-order valence-corrected chi connectivity index (χ3v) is 6.21. The van der Waals surface area contributed by atoms with Crippen LogP contribution in [0.5, 0.6) is 0 Å². The van der Waals surface area contributed by atoms with Gasteiger partial charge in [-0.2, -0.15) is 9.40 Å². The Balaban J connectivity index is 1.46. The molecule has 1 atom stereocenters. The fourth-order valence-corrected chi connectivity index (χ4v) is 4.32. The lowest BCUT2D eigenvalue weighted by molar-refractivity contribution is -0.125. The SMILES string of the molecule is O=C(NCCS(=O)(=O)N1CCOCC1)C1CCn2nccc2C1. The number of nitrogens with one attached hydrogen (secondary N) is 1. The molecule has 128 valence electrons. The van der Waals surface area contributed by atoms with Gasteiger partial charge in [-0.05, 0) is 12.5 Å². The van der Waals surface area contributed by atoms with Gasteiger partial charge in [0.15, 0.2) is 0 Å². The summed E-state index contributed by atoms with van der Waals surface area (Å²) in [5.41, 5.74) is 1.05. The highest BCUT2D eigenvalue weighted by Crippen LogP contribution is 2.19. The molecule has 0 bridgehead atoms. The molecule has 0 aliphatic carbocycles. The number of carbonyl (C=O) groups is 1. The number of ether oxygens (including phenoxy) is 1. The number of amides is 1. The van der Waals surface area contributed by atoms with Crippen LogP contribution < -0.4 is 5.32 Å². The molecule has 2 aliphatic heterocycles. The summed E-state index contributed by atoms with van der Waals surface area (Å²) in [6, 6.07) is 1.92. The Morgan fingerprint density at radius 1 is 1.35 bits per heavy atom. The molecule has 3 heterocycles. The quantitative estimate of drug-likeness (QED) is 0.758. The monoisotopic (exact) mass is 342 g/mol. The summed E-state index contributed by atoms with van der Waals surface area (Å²) in [6.45, 7) is 2.52. The Bertz CT molecular complexity index is 651. The molecule has 0 spiro atoms. The molecule has 8 nitrogen and oxygen atoms in total. The van der Waals surface area contributed by atoms with Crippen LogP contribution in [0.15, 0.2) is 12.3 Å². The van der Waals surface area contributed by atoms with Gasteiger partial charge in [-0.25, -0.2) is 8.42 Å². The zero-order valence-corrected chi connectivity index (χ0v) is 13.8. The first kappa shape index (κ1) is 16.4. The molecule has 1 fully saturated rings. The van der Waals surface area contributed by atoms with E-state index in [1.165, 1.54) is 4.31 Å². The van der Waals surface area contributed by atoms with Gasteiger partial charge in [0.1, 0.15) is 0 Å². The number of hydrogen-bond donors (Lipinski definition) is 1. The van der Waals surface area contributed by atoms with Crippen molar-refractivity contribution in [1.29, 1.82) is 0 Å². The number of nitrogens with zero attached hydrogens (tertiary/aromatic N) is 3. The summed E-state index contributed by atoms with van der Waals surface area (Å²) in [7, 11) is -3.32. The number of fused-ring (bicyclic) bond motifs is 1. The molecule has 0 saturated carbocycles. The van der Waals surface area contributed by atoms with Crippen LogP contribution in [0.4, 0.5) is 0 Å². The van der Waals surface area contributed by atoms with E-state index in [9.17, 15) is 13.2 Å². The van der Waals surface area contributed by atoms with Crippen molar-refractivity contribution >= 4 is 15.9 Å². The predicted molar refractivity (Wildman–Crippen MR) is 83.2 cm³/mol. The van der Waals surface area contributed by atoms with Gasteiger partial charge < -0.3 is 10.1 Å². The number of morpholine rings is 1. The molecule has 3 rings (SSSR count). The normalized spacial score (nSPS) is 22.5. The summed E-state index contributed by atoms with van der Waals surface area (Å²) in [6.07, 6.45) is 3.13. The van der Waals surface area contributed by atoms with Gasteiger partial charge in [0.05, 0.1) is 19.0 Å². The van der Waals surface area contributed by atoms with Gasteiger partial charge in [0.2, 0.25) is 15.9 Å². The maximum atomic E-state index is 12.2. The van der Waals surface area contributed by atoms with Crippen LogP contribution >= 0.6 is 0 Å². The van der Waals surface area contributed by atoms with Crippen LogP contribution in [0.25, 0.3) is 0 Å². The smallest absolute Gasteiger partial charge is 0.223 e. The second kappa shape index (κ2) is 6.98. The number of rotatable bonds is 5. The maximum Gasteiger partial charge on any atom is 0.223 e. The molecule has 1 aromatic heterocycles. The molecule has 0 radical (unpaired) electrons. The Hall–Kier alpha value is -1.45. The van der Waals surface area contributed by atoms with Crippen LogP contribution in [0.2, 0.25) is 0 Å². The standard InChI is InChI=1S/C14H22N4O4S/c19-14(12-2-5-18-13(11-12)1-3-16-18)15-4-10-23(20,21)17-6-8-22-9-7-17/h1,3,12H,2,4-11H2,(H,15,19). The largest absolute Gasteiger partial charge is 0.379 e. The molecular formula is C14H22N4O4S. The second-order valence-corrected chi connectivity index (χ2v) is 7.94. The van der Waals surface area contributed by atoms with E-state index in [1.54, 1.807) is 6.20 Å². The van der Waals surface area contributed by atoms with Crippen LogP contribution in [-0.2, 0) is 32.5 Å². The summed E-state index contributed by atoms with van der Waals surface area (Å²) in [4.78, 5) is 12.2. The number of sulfonamides is 1. The number of aromatic nitrogens is 2. The van der Waals surface area contributed by atoms with Crippen molar-refractivity contribution in [2.75, 3.05) is 38.6 Å². The van der Waals surface area contributed by atoms with Crippen LogP contribution in [-0.4, -0.2) is 67.0 Å². The Kier molecular flexibility index (Phi) is 4.98. The van der Waals surface area contributed by atoms with Gasteiger partial charge in [0.25, 0.3) is 0 Å². The summed E-state index contributed by atoms with van der Waals surface area (Å²) >= 11 is 0. The van der Waals surface area contributed by atoms with E-state index >= 15 is 0 Å². The zero-order valence-electron chi connectivity index (χ0n) is 13.0. The lowest BCUT2D eigenvalue weighted by atomic mass is 9.95.